The average molecular weight is 296 g/mol. The monoisotopic (exact) mass is 296 g/mol. The van der Waals surface area contributed by atoms with Crippen LogP contribution in [0.1, 0.15) is 40.4 Å². The third-order valence-electron chi connectivity index (χ3n) is 3.37. The molecule has 0 heterocycles. The normalized spacial score (nSPS) is 10.2. The van der Waals surface area contributed by atoms with Crippen molar-refractivity contribution in [2.75, 3.05) is 0 Å². The Hall–Kier alpha value is -2.13. The van der Waals surface area contributed by atoms with Gasteiger partial charge < -0.3 is 0 Å². The second-order valence-electron chi connectivity index (χ2n) is 4.83. The highest BCUT2D eigenvalue weighted by atomic mass is 32.1. The first-order chi connectivity index (χ1) is 10.0. The molecular weight excluding hydrogens is 280 g/mol. The van der Waals surface area contributed by atoms with Gasteiger partial charge in [0.2, 0.25) is 11.6 Å². The summed E-state index contributed by atoms with van der Waals surface area (Å²) in [6.07, 6.45) is 0.224. The quantitative estimate of drug-likeness (QED) is 0.476. The van der Waals surface area contributed by atoms with E-state index < -0.39 is 5.78 Å². The van der Waals surface area contributed by atoms with E-state index >= 15 is 0 Å². The zero-order valence-electron chi connectivity index (χ0n) is 12.1. The van der Waals surface area contributed by atoms with Crippen LogP contribution in [0.4, 0.5) is 0 Å². The fourth-order valence-corrected chi connectivity index (χ4v) is 2.44. The van der Waals surface area contributed by atoms with Gasteiger partial charge in [-0.15, -0.1) is 0 Å². The van der Waals surface area contributed by atoms with Gasteiger partial charge in [0.05, 0.1) is 4.86 Å². The van der Waals surface area contributed by atoms with Gasteiger partial charge in [-0.1, -0.05) is 67.7 Å². The molecule has 0 radical (unpaired) electrons. The van der Waals surface area contributed by atoms with Crippen LogP contribution in [0.3, 0.4) is 0 Å². The Labute approximate surface area is 129 Å². The Morgan fingerprint density at radius 2 is 1.52 bits per heavy atom. The minimum Gasteiger partial charge on any atom is -0.290 e. The summed E-state index contributed by atoms with van der Waals surface area (Å²) in [5.74, 6) is -0.810. The van der Waals surface area contributed by atoms with Crippen molar-refractivity contribution in [1.29, 1.82) is 0 Å². The van der Waals surface area contributed by atoms with Crippen molar-refractivity contribution in [2.24, 2.45) is 0 Å². The Morgan fingerprint density at radius 1 is 0.952 bits per heavy atom. The summed E-state index contributed by atoms with van der Waals surface area (Å²) in [5.41, 5.74) is 3.41. The van der Waals surface area contributed by atoms with Crippen LogP contribution in [0.2, 0.25) is 0 Å². The van der Waals surface area contributed by atoms with Crippen molar-refractivity contribution < 1.29 is 9.59 Å². The van der Waals surface area contributed by atoms with E-state index in [1.807, 2.05) is 31.2 Å². The summed E-state index contributed by atoms with van der Waals surface area (Å²) in [7, 11) is 0. The Kier molecular flexibility index (Phi) is 4.76. The van der Waals surface area contributed by atoms with Crippen molar-refractivity contribution in [3.05, 3.63) is 70.8 Å². The molecule has 0 bridgehead atoms. The van der Waals surface area contributed by atoms with Crippen LogP contribution in [-0.4, -0.2) is 16.4 Å². The van der Waals surface area contributed by atoms with Gasteiger partial charge >= 0.3 is 0 Å². The van der Waals surface area contributed by atoms with Crippen molar-refractivity contribution in [3.63, 3.8) is 0 Å². The lowest BCUT2D eigenvalue weighted by Gasteiger charge is -2.08. The molecular formula is C18H16O2S. The summed E-state index contributed by atoms with van der Waals surface area (Å²) < 4.78 is 0. The molecule has 106 valence electrons. The van der Waals surface area contributed by atoms with Gasteiger partial charge in [-0.25, -0.2) is 0 Å². The Bertz CT molecular complexity index is 699. The fourth-order valence-electron chi connectivity index (χ4n) is 2.08. The molecule has 3 heteroatoms. The first kappa shape index (κ1) is 15.3. The molecule has 0 N–H and O–H groups in total. The van der Waals surface area contributed by atoms with Crippen LogP contribution in [0.25, 0.3) is 0 Å². The molecule has 0 amide bonds. The largest absolute Gasteiger partial charge is 0.290 e. The Balaban J connectivity index is 2.27. The zero-order valence-corrected chi connectivity index (χ0v) is 12.9. The number of rotatable bonds is 5. The van der Waals surface area contributed by atoms with Crippen molar-refractivity contribution >= 4 is 28.6 Å². The highest BCUT2D eigenvalue weighted by Gasteiger charge is 2.14. The summed E-state index contributed by atoms with van der Waals surface area (Å²) >= 11 is 5.51. The standard InChI is InChI=1S/C18H16O2S/c1-3-16(19)17(20)13-8-10-14(11-9-13)18(21)15-7-5-4-6-12(15)2/h4-11H,3H2,1-2H3. The van der Waals surface area contributed by atoms with E-state index in [-0.39, 0.29) is 12.2 Å². The van der Waals surface area contributed by atoms with Crippen LogP contribution in [-0.2, 0) is 4.79 Å². The minimum atomic E-state index is -0.439. The molecule has 0 saturated heterocycles. The lowest BCUT2D eigenvalue weighted by molar-refractivity contribution is -0.114. The predicted molar refractivity (Wildman–Crippen MR) is 88.1 cm³/mol. The minimum absolute atomic E-state index is 0.224. The van der Waals surface area contributed by atoms with Crippen LogP contribution in [0, 0.1) is 6.92 Å². The number of hydrogen-bond acceptors (Lipinski definition) is 3. The average Bonchev–Trinajstić information content (AvgIpc) is 2.53. The smallest absolute Gasteiger partial charge is 0.228 e. The molecule has 2 aromatic carbocycles. The first-order valence-electron chi connectivity index (χ1n) is 6.82. The first-order valence-corrected chi connectivity index (χ1v) is 7.23. The predicted octanol–water partition coefficient (Wildman–Crippen LogP) is 3.92. The number of Topliss-reactive ketones (excluding diaryl/α,β-unsaturated/α-hetero) is 2. The van der Waals surface area contributed by atoms with Gasteiger partial charge in [-0.3, -0.25) is 9.59 Å². The number of ketones is 2. The fraction of sp³-hybridized carbons (Fsp3) is 0.167. The second kappa shape index (κ2) is 6.55. The third-order valence-corrected chi connectivity index (χ3v) is 3.83. The molecule has 2 aromatic rings. The Morgan fingerprint density at radius 3 is 2.10 bits per heavy atom. The van der Waals surface area contributed by atoms with Crippen LogP contribution in [0.15, 0.2) is 48.5 Å². The molecule has 2 rings (SSSR count). The maximum atomic E-state index is 11.8. The van der Waals surface area contributed by atoms with E-state index in [9.17, 15) is 9.59 Å². The molecule has 0 atom stereocenters. The highest BCUT2D eigenvalue weighted by Crippen LogP contribution is 2.16. The number of carbonyl (C=O) groups excluding carboxylic acids is 2. The van der Waals surface area contributed by atoms with E-state index in [2.05, 4.69) is 0 Å². The zero-order chi connectivity index (χ0) is 15.4. The van der Waals surface area contributed by atoms with Gasteiger partial charge in [0.1, 0.15) is 0 Å². The molecule has 0 aliphatic rings. The number of benzene rings is 2. The second-order valence-corrected chi connectivity index (χ2v) is 5.24. The van der Waals surface area contributed by atoms with Gasteiger partial charge in [-0.05, 0) is 23.6 Å². The summed E-state index contributed by atoms with van der Waals surface area (Å²) in [6.45, 7) is 3.70. The number of carbonyl (C=O) groups is 2. The maximum Gasteiger partial charge on any atom is 0.228 e. The molecule has 0 saturated carbocycles. The molecule has 0 unspecified atom stereocenters. The highest BCUT2D eigenvalue weighted by molar-refractivity contribution is 7.81. The van der Waals surface area contributed by atoms with Gasteiger partial charge in [0.25, 0.3) is 0 Å². The van der Waals surface area contributed by atoms with Gasteiger partial charge in [0.15, 0.2) is 0 Å². The molecule has 0 fully saturated rings. The van der Waals surface area contributed by atoms with Gasteiger partial charge in [0, 0.05) is 12.0 Å². The third kappa shape index (κ3) is 3.31. The van der Waals surface area contributed by atoms with Crippen molar-refractivity contribution in [2.45, 2.75) is 20.3 Å². The SMILES string of the molecule is CCC(=O)C(=O)c1ccc(C(=S)c2ccccc2C)cc1. The lowest BCUT2D eigenvalue weighted by atomic mass is 9.98. The van der Waals surface area contributed by atoms with E-state index in [4.69, 9.17) is 12.2 Å². The van der Waals surface area contributed by atoms with Crippen LogP contribution in [0.5, 0.6) is 0 Å². The van der Waals surface area contributed by atoms with Crippen LogP contribution >= 0.6 is 12.2 Å². The van der Waals surface area contributed by atoms with Gasteiger partial charge in [-0.2, -0.15) is 0 Å². The molecule has 21 heavy (non-hydrogen) atoms. The van der Waals surface area contributed by atoms with Crippen molar-refractivity contribution in [3.8, 4) is 0 Å². The van der Waals surface area contributed by atoms with E-state index in [1.54, 1.807) is 31.2 Å². The summed E-state index contributed by atoms with van der Waals surface area (Å²) in [4.78, 5) is 24.0. The van der Waals surface area contributed by atoms with Crippen LogP contribution < -0.4 is 0 Å². The molecule has 0 aliphatic heterocycles. The molecule has 2 nitrogen and oxygen atoms in total. The summed E-state index contributed by atoms with van der Waals surface area (Å²) in [6, 6.07) is 14.8. The van der Waals surface area contributed by atoms with E-state index in [1.165, 1.54) is 0 Å². The summed E-state index contributed by atoms with van der Waals surface area (Å²) in [5, 5.41) is 0. The topological polar surface area (TPSA) is 34.1 Å². The molecule has 0 aromatic heterocycles. The number of hydrogen-bond donors (Lipinski definition) is 0. The molecule has 0 spiro atoms. The van der Waals surface area contributed by atoms with Crippen molar-refractivity contribution in [1.82, 2.24) is 0 Å². The lowest BCUT2D eigenvalue weighted by Crippen LogP contribution is -2.12. The van der Waals surface area contributed by atoms with E-state index in [0.29, 0.717) is 5.56 Å². The maximum absolute atomic E-state index is 11.8. The number of thiocarbonyl (C=S) groups is 1. The van der Waals surface area contributed by atoms with E-state index in [0.717, 1.165) is 21.6 Å². The molecule has 0 aliphatic carbocycles. The number of aryl methyl sites for hydroxylation is 1.